The number of aliphatic carboxylic acids is 3. The highest BCUT2D eigenvalue weighted by Crippen LogP contribution is 2.19. The number of nitrogens with zero attached hydrogens (tertiary/aromatic N) is 1. The molecule has 0 aromatic carbocycles. The van der Waals surface area contributed by atoms with E-state index in [-0.39, 0.29) is 19.3 Å². The molecule has 3 N–H and O–H groups in total. The van der Waals surface area contributed by atoms with E-state index in [0.717, 1.165) is 19.4 Å². The molecule has 0 aliphatic carbocycles. The molecule has 0 aromatic rings. The zero-order chi connectivity index (χ0) is 29.0. The fraction of sp³-hybridized carbons (Fsp3) is 0.844. The van der Waals surface area contributed by atoms with Crippen LogP contribution in [0.4, 0.5) is 0 Å². The van der Waals surface area contributed by atoms with Crippen molar-refractivity contribution in [2.75, 3.05) is 26.2 Å². The lowest BCUT2D eigenvalue weighted by molar-refractivity contribution is -0.929. The fourth-order valence-electron chi connectivity index (χ4n) is 5.42. The number of carboxylic acid groups (broad SMARTS) is 3. The van der Waals surface area contributed by atoms with Gasteiger partial charge < -0.3 is 19.8 Å². The van der Waals surface area contributed by atoms with Gasteiger partial charge in [0.05, 0.1) is 45.4 Å². The van der Waals surface area contributed by atoms with E-state index in [1.165, 1.54) is 89.9 Å². The van der Waals surface area contributed by atoms with Crippen LogP contribution in [0.3, 0.4) is 0 Å². The van der Waals surface area contributed by atoms with E-state index in [2.05, 4.69) is 19.1 Å². The molecule has 0 saturated heterocycles. The highest BCUT2D eigenvalue weighted by molar-refractivity contribution is 5.67. The summed E-state index contributed by atoms with van der Waals surface area (Å²) in [5.74, 6) is -2.47. The van der Waals surface area contributed by atoms with Gasteiger partial charge in [-0.25, -0.2) is 0 Å². The Labute approximate surface area is 238 Å². The van der Waals surface area contributed by atoms with E-state index in [0.29, 0.717) is 43.4 Å². The molecule has 0 spiro atoms. The lowest BCUT2D eigenvalue weighted by Crippen LogP contribution is -2.51. The number of carbonyl (C=O) groups is 3. The van der Waals surface area contributed by atoms with Crippen molar-refractivity contribution in [3.63, 3.8) is 0 Å². The summed E-state index contributed by atoms with van der Waals surface area (Å²) in [6.45, 7) is 5.09. The maximum atomic E-state index is 11.1. The van der Waals surface area contributed by atoms with Crippen LogP contribution in [0.1, 0.15) is 148 Å². The number of allylic oxidation sites excluding steroid dienone is 2. The molecule has 228 valence electrons. The number of hydrogen-bond donors (Lipinski definition) is 3. The second kappa shape index (κ2) is 26.3. The topological polar surface area (TPSA) is 112 Å². The molecule has 0 aromatic heterocycles. The lowest BCUT2D eigenvalue weighted by atomic mass is 10.0. The van der Waals surface area contributed by atoms with Crippen molar-refractivity contribution in [2.45, 2.75) is 148 Å². The van der Waals surface area contributed by atoms with Crippen molar-refractivity contribution in [2.24, 2.45) is 0 Å². The molecule has 0 saturated carbocycles. The predicted molar refractivity (Wildman–Crippen MR) is 159 cm³/mol. The Morgan fingerprint density at radius 1 is 0.462 bits per heavy atom. The van der Waals surface area contributed by atoms with Gasteiger partial charge in [-0.3, -0.25) is 14.4 Å². The zero-order valence-corrected chi connectivity index (χ0v) is 25.1. The third kappa shape index (κ3) is 26.1. The summed E-state index contributed by atoms with van der Waals surface area (Å²) in [6.07, 6.45) is 26.8. The molecule has 0 unspecified atom stereocenters. The first-order valence-corrected chi connectivity index (χ1v) is 16.0. The third-order valence-corrected chi connectivity index (χ3v) is 7.69. The van der Waals surface area contributed by atoms with Crippen LogP contribution in [-0.4, -0.2) is 63.9 Å². The SMILES string of the molecule is CCC/C=C/CCCCCCCCCCCCCCC[N+](CCCC(=O)O)(CCCC(=O)O)CCCC(=O)O. The van der Waals surface area contributed by atoms with Crippen molar-refractivity contribution in [1.29, 1.82) is 0 Å². The van der Waals surface area contributed by atoms with Gasteiger partial charge in [-0.05, 0) is 32.1 Å². The van der Waals surface area contributed by atoms with Crippen LogP contribution in [0, 0.1) is 0 Å². The van der Waals surface area contributed by atoms with E-state index in [9.17, 15) is 14.4 Å². The Morgan fingerprint density at radius 3 is 1.13 bits per heavy atom. The molecule has 0 rings (SSSR count). The fourth-order valence-corrected chi connectivity index (χ4v) is 5.42. The smallest absolute Gasteiger partial charge is 0.303 e. The summed E-state index contributed by atoms with van der Waals surface area (Å²) in [6, 6.07) is 0. The van der Waals surface area contributed by atoms with Gasteiger partial charge in [0.25, 0.3) is 0 Å². The second-order valence-electron chi connectivity index (χ2n) is 11.4. The predicted octanol–water partition coefficient (Wildman–Crippen LogP) is 8.22. The van der Waals surface area contributed by atoms with Crippen molar-refractivity contribution >= 4 is 17.9 Å². The monoisotopic (exact) mass is 554 g/mol. The van der Waals surface area contributed by atoms with E-state index in [1.54, 1.807) is 0 Å². The minimum Gasteiger partial charge on any atom is -0.481 e. The van der Waals surface area contributed by atoms with Crippen molar-refractivity contribution in [1.82, 2.24) is 0 Å². The largest absolute Gasteiger partial charge is 0.481 e. The van der Waals surface area contributed by atoms with Crippen molar-refractivity contribution in [3.8, 4) is 0 Å². The first kappa shape index (κ1) is 37.1. The standard InChI is InChI=1S/C32H59NO6/c1-2-3-4-5-6-7-8-9-10-11-12-13-14-15-16-17-18-19-26-33(27-20-23-30(34)35,28-21-24-31(36)37)29-22-25-32(38)39/h4-5H,2-3,6-29H2,1H3,(H2-,34,35,36,37,38,39)/p+1/b5-4+. The Morgan fingerprint density at radius 2 is 0.769 bits per heavy atom. The quantitative estimate of drug-likeness (QED) is 0.0468. The van der Waals surface area contributed by atoms with Gasteiger partial charge in [-0.1, -0.05) is 89.7 Å². The Hall–Kier alpha value is -1.89. The number of quaternary nitrogens is 1. The van der Waals surface area contributed by atoms with Gasteiger partial charge in [-0.15, -0.1) is 0 Å². The maximum Gasteiger partial charge on any atom is 0.303 e. The number of rotatable bonds is 30. The molecule has 0 radical (unpaired) electrons. The van der Waals surface area contributed by atoms with Gasteiger partial charge >= 0.3 is 17.9 Å². The van der Waals surface area contributed by atoms with E-state index >= 15 is 0 Å². The maximum absolute atomic E-state index is 11.1. The molecule has 0 aliphatic rings. The molecule has 7 nitrogen and oxygen atoms in total. The summed E-state index contributed by atoms with van der Waals surface area (Å²) in [5.41, 5.74) is 0. The number of unbranched alkanes of at least 4 members (excludes halogenated alkanes) is 14. The van der Waals surface area contributed by atoms with Gasteiger partial charge in [0.15, 0.2) is 0 Å². The van der Waals surface area contributed by atoms with Crippen LogP contribution in [0.25, 0.3) is 0 Å². The minimum atomic E-state index is -0.824. The molecule has 39 heavy (non-hydrogen) atoms. The van der Waals surface area contributed by atoms with Gasteiger partial charge in [0.2, 0.25) is 0 Å². The van der Waals surface area contributed by atoms with Crippen LogP contribution in [0.5, 0.6) is 0 Å². The average Bonchev–Trinajstić information content (AvgIpc) is 2.87. The van der Waals surface area contributed by atoms with Crippen molar-refractivity contribution in [3.05, 3.63) is 12.2 Å². The Balaban J connectivity index is 4.15. The molecular formula is C32H60NO6+. The normalized spacial score (nSPS) is 11.8. The first-order chi connectivity index (χ1) is 18.8. The molecule has 0 heterocycles. The van der Waals surface area contributed by atoms with Gasteiger partial charge in [-0.2, -0.15) is 0 Å². The first-order valence-electron chi connectivity index (χ1n) is 16.0. The van der Waals surface area contributed by atoms with Crippen LogP contribution < -0.4 is 0 Å². The van der Waals surface area contributed by atoms with E-state index in [1.807, 2.05) is 0 Å². The zero-order valence-electron chi connectivity index (χ0n) is 25.1. The van der Waals surface area contributed by atoms with Crippen molar-refractivity contribution < 1.29 is 34.2 Å². The summed E-state index contributed by atoms with van der Waals surface area (Å²) in [7, 11) is 0. The van der Waals surface area contributed by atoms with Gasteiger partial charge in [0.1, 0.15) is 0 Å². The van der Waals surface area contributed by atoms with Crippen LogP contribution in [-0.2, 0) is 14.4 Å². The highest BCUT2D eigenvalue weighted by atomic mass is 16.4. The summed E-state index contributed by atoms with van der Waals surface area (Å²) < 4.78 is 0.642. The molecule has 0 amide bonds. The Kier molecular flexibility index (Phi) is 25.1. The van der Waals surface area contributed by atoms with Crippen LogP contribution >= 0.6 is 0 Å². The Bertz CT molecular complexity index is 598. The van der Waals surface area contributed by atoms with Crippen LogP contribution in [0.2, 0.25) is 0 Å². The summed E-state index contributed by atoms with van der Waals surface area (Å²) in [4.78, 5) is 33.2. The molecular weight excluding hydrogens is 494 g/mol. The summed E-state index contributed by atoms with van der Waals surface area (Å²) in [5, 5.41) is 27.2. The van der Waals surface area contributed by atoms with E-state index in [4.69, 9.17) is 15.3 Å². The highest BCUT2D eigenvalue weighted by Gasteiger charge is 2.27. The molecule has 7 heteroatoms. The molecule has 0 atom stereocenters. The molecule has 0 bridgehead atoms. The lowest BCUT2D eigenvalue weighted by Gasteiger charge is -2.39. The number of hydrogen-bond acceptors (Lipinski definition) is 3. The third-order valence-electron chi connectivity index (χ3n) is 7.69. The summed E-state index contributed by atoms with van der Waals surface area (Å²) >= 11 is 0. The second-order valence-corrected chi connectivity index (χ2v) is 11.4. The van der Waals surface area contributed by atoms with Gasteiger partial charge in [0, 0.05) is 19.3 Å². The minimum absolute atomic E-state index is 0.0918. The average molecular weight is 555 g/mol. The van der Waals surface area contributed by atoms with Crippen LogP contribution in [0.15, 0.2) is 12.2 Å². The number of carboxylic acids is 3. The molecule has 0 fully saturated rings. The molecule has 0 aliphatic heterocycles. The van der Waals surface area contributed by atoms with E-state index < -0.39 is 17.9 Å².